The molecule has 6 heteroatoms. The Morgan fingerprint density at radius 2 is 1.91 bits per heavy atom. The summed E-state index contributed by atoms with van der Waals surface area (Å²) in [5.74, 6) is 1.20. The predicted molar refractivity (Wildman–Crippen MR) is 101 cm³/mol. The molecule has 0 heterocycles. The topological polar surface area (TPSA) is 45.7 Å². The number of aliphatic imine (C=N–C) groups is 1. The molecule has 1 atom stereocenters. The van der Waals surface area contributed by atoms with Gasteiger partial charge in [-0.25, -0.2) is 4.39 Å². The summed E-state index contributed by atoms with van der Waals surface area (Å²) < 4.78 is 19.1. The molecule has 1 unspecified atom stereocenters. The second-order valence-electron chi connectivity index (χ2n) is 5.35. The van der Waals surface area contributed by atoms with Crippen molar-refractivity contribution in [3.8, 4) is 5.75 Å². The molecule has 0 spiro atoms. The predicted octanol–water partition coefficient (Wildman–Crippen LogP) is 3.42. The number of ether oxygens (including phenoxy) is 1. The van der Waals surface area contributed by atoms with Crippen LogP contribution < -0.4 is 15.4 Å². The lowest BCUT2D eigenvalue weighted by atomic mass is 10.2. The van der Waals surface area contributed by atoms with Crippen LogP contribution in [-0.4, -0.2) is 31.7 Å². The molecule has 1 rings (SSSR count). The number of guanidine groups is 1. The van der Waals surface area contributed by atoms with Crippen LogP contribution in [0.3, 0.4) is 0 Å². The second kappa shape index (κ2) is 11.5. The molecule has 0 aromatic heterocycles. The van der Waals surface area contributed by atoms with Crippen molar-refractivity contribution in [1.29, 1.82) is 0 Å². The van der Waals surface area contributed by atoms with Gasteiger partial charge < -0.3 is 15.4 Å². The summed E-state index contributed by atoms with van der Waals surface area (Å²) in [5, 5.41) is 6.38. The molecular formula is C16H27FIN3O. The van der Waals surface area contributed by atoms with Gasteiger partial charge >= 0.3 is 0 Å². The zero-order chi connectivity index (χ0) is 15.7. The number of hydrogen-bond acceptors (Lipinski definition) is 2. The molecule has 1 aromatic rings. The van der Waals surface area contributed by atoms with Crippen molar-refractivity contribution in [1.82, 2.24) is 10.6 Å². The van der Waals surface area contributed by atoms with E-state index in [1.165, 1.54) is 6.07 Å². The fourth-order valence-electron chi connectivity index (χ4n) is 1.65. The molecule has 0 saturated carbocycles. The number of hydrogen-bond donors (Lipinski definition) is 2. The largest absolute Gasteiger partial charge is 0.486 e. The lowest BCUT2D eigenvalue weighted by Crippen LogP contribution is -2.42. The molecule has 0 amide bonds. The molecule has 0 saturated heterocycles. The Morgan fingerprint density at radius 3 is 2.50 bits per heavy atom. The smallest absolute Gasteiger partial charge is 0.191 e. The Balaban J connectivity index is 0.00000441. The highest BCUT2D eigenvalue weighted by molar-refractivity contribution is 14.0. The maximum Gasteiger partial charge on any atom is 0.191 e. The average Bonchev–Trinajstić information content (AvgIpc) is 2.44. The van der Waals surface area contributed by atoms with Crippen LogP contribution in [-0.2, 0) is 0 Å². The fourth-order valence-corrected chi connectivity index (χ4v) is 1.65. The van der Waals surface area contributed by atoms with E-state index in [2.05, 4.69) is 29.5 Å². The minimum atomic E-state index is -0.343. The second-order valence-corrected chi connectivity index (χ2v) is 5.35. The molecule has 0 aliphatic rings. The first-order valence-electron chi connectivity index (χ1n) is 7.46. The minimum absolute atomic E-state index is 0. The third-order valence-electron chi connectivity index (χ3n) is 2.68. The summed E-state index contributed by atoms with van der Waals surface area (Å²) in [5.41, 5.74) is 0. The van der Waals surface area contributed by atoms with E-state index >= 15 is 0 Å². The van der Waals surface area contributed by atoms with E-state index in [0.717, 1.165) is 19.0 Å². The lowest BCUT2D eigenvalue weighted by molar-refractivity contribution is 0.214. The van der Waals surface area contributed by atoms with Crippen molar-refractivity contribution in [3.63, 3.8) is 0 Å². The molecule has 0 aliphatic carbocycles. The van der Waals surface area contributed by atoms with E-state index in [-0.39, 0.29) is 41.6 Å². The van der Waals surface area contributed by atoms with E-state index in [1.54, 1.807) is 18.2 Å². The zero-order valence-corrected chi connectivity index (χ0v) is 16.1. The third kappa shape index (κ3) is 8.41. The van der Waals surface area contributed by atoms with Gasteiger partial charge in [0.15, 0.2) is 17.5 Å². The number of halogens is 2. The summed E-state index contributed by atoms with van der Waals surface area (Å²) in [4.78, 5) is 4.47. The molecule has 0 radical (unpaired) electrons. The van der Waals surface area contributed by atoms with Crippen molar-refractivity contribution >= 4 is 29.9 Å². The molecular weight excluding hydrogens is 396 g/mol. The van der Waals surface area contributed by atoms with Gasteiger partial charge in [-0.2, -0.15) is 0 Å². The summed E-state index contributed by atoms with van der Waals surface area (Å²) >= 11 is 0. The SMILES string of the molecule is CCNC(=NCC(C)C)NCC(C)Oc1ccccc1F.I. The molecule has 126 valence electrons. The quantitative estimate of drug-likeness (QED) is 0.402. The molecule has 22 heavy (non-hydrogen) atoms. The molecule has 4 nitrogen and oxygen atoms in total. The number of nitrogens with one attached hydrogen (secondary N) is 2. The number of benzene rings is 1. The monoisotopic (exact) mass is 423 g/mol. The standard InChI is InChI=1S/C16H26FN3O.HI/c1-5-18-16(19-10-12(2)3)20-11-13(4)21-15-9-7-6-8-14(15)17;/h6-9,12-13H,5,10-11H2,1-4H3,(H2,18,19,20);1H. The molecule has 2 N–H and O–H groups in total. The first kappa shape index (κ1) is 20.9. The lowest BCUT2D eigenvalue weighted by Gasteiger charge is -2.18. The highest BCUT2D eigenvalue weighted by Crippen LogP contribution is 2.16. The van der Waals surface area contributed by atoms with E-state index in [0.29, 0.717) is 12.5 Å². The summed E-state index contributed by atoms with van der Waals surface area (Å²) in [6.07, 6.45) is -0.162. The zero-order valence-electron chi connectivity index (χ0n) is 13.7. The van der Waals surface area contributed by atoms with Gasteiger partial charge in [0.05, 0.1) is 6.54 Å². The first-order chi connectivity index (χ1) is 10.0. The van der Waals surface area contributed by atoms with Crippen LogP contribution in [0.2, 0.25) is 0 Å². The van der Waals surface area contributed by atoms with Crippen LogP contribution in [0, 0.1) is 11.7 Å². The first-order valence-corrected chi connectivity index (χ1v) is 7.46. The summed E-state index contributed by atoms with van der Waals surface area (Å²) in [6.45, 7) is 10.3. The van der Waals surface area contributed by atoms with Gasteiger partial charge in [-0.3, -0.25) is 4.99 Å². The Bertz CT molecular complexity index is 455. The Hall–Kier alpha value is -1.05. The normalized spacial score (nSPS) is 12.5. The van der Waals surface area contributed by atoms with Crippen molar-refractivity contribution < 1.29 is 9.13 Å². The molecule has 0 bridgehead atoms. The maximum absolute atomic E-state index is 13.5. The van der Waals surface area contributed by atoms with Gasteiger partial charge in [-0.15, -0.1) is 24.0 Å². The number of nitrogens with zero attached hydrogens (tertiary/aromatic N) is 1. The van der Waals surface area contributed by atoms with Crippen LogP contribution in [0.1, 0.15) is 27.7 Å². The highest BCUT2D eigenvalue weighted by atomic mass is 127. The Morgan fingerprint density at radius 1 is 1.23 bits per heavy atom. The van der Waals surface area contributed by atoms with E-state index in [9.17, 15) is 4.39 Å². The van der Waals surface area contributed by atoms with E-state index in [1.807, 2.05) is 13.8 Å². The van der Waals surface area contributed by atoms with Crippen LogP contribution in [0.25, 0.3) is 0 Å². The van der Waals surface area contributed by atoms with Crippen molar-refractivity contribution in [2.45, 2.75) is 33.8 Å². The van der Waals surface area contributed by atoms with Crippen LogP contribution in [0.5, 0.6) is 5.75 Å². The summed E-state index contributed by atoms with van der Waals surface area (Å²) in [6, 6.07) is 6.42. The van der Waals surface area contributed by atoms with Gasteiger partial charge in [-0.1, -0.05) is 26.0 Å². The van der Waals surface area contributed by atoms with Crippen molar-refractivity contribution in [2.75, 3.05) is 19.6 Å². The maximum atomic E-state index is 13.5. The number of para-hydroxylation sites is 1. The molecule has 1 aromatic carbocycles. The molecule has 0 aliphatic heterocycles. The minimum Gasteiger partial charge on any atom is -0.486 e. The highest BCUT2D eigenvalue weighted by Gasteiger charge is 2.08. The van der Waals surface area contributed by atoms with Crippen LogP contribution >= 0.6 is 24.0 Å². The van der Waals surface area contributed by atoms with E-state index in [4.69, 9.17) is 4.74 Å². The Labute approximate surface area is 149 Å². The van der Waals surface area contributed by atoms with Gasteiger partial charge in [0.2, 0.25) is 0 Å². The fraction of sp³-hybridized carbons (Fsp3) is 0.562. The van der Waals surface area contributed by atoms with Gasteiger partial charge in [-0.05, 0) is 31.9 Å². The molecule has 0 fully saturated rings. The van der Waals surface area contributed by atoms with Crippen molar-refractivity contribution in [2.24, 2.45) is 10.9 Å². The van der Waals surface area contributed by atoms with Gasteiger partial charge in [0.25, 0.3) is 0 Å². The van der Waals surface area contributed by atoms with Crippen molar-refractivity contribution in [3.05, 3.63) is 30.1 Å². The average molecular weight is 423 g/mol. The summed E-state index contributed by atoms with van der Waals surface area (Å²) in [7, 11) is 0. The van der Waals surface area contributed by atoms with Gasteiger partial charge in [0.1, 0.15) is 6.10 Å². The Kier molecular flexibility index (Phi) is 11.0. The van der Waals surface area contributed by atoms with E-state index < -0.39 is 0 Å². The van der Waals surface area contributed by atoms with Crippen LogP contribution in [0.15, 0.2) is 29.3 Å². The van der Waals surface area contributed by atoms with Crippen LogP contribution in [0.4, 0.5) is 4.39 Å². The van der Waals surface area contributed by atoms with Gasteiger partial charge in [0, 0.05) is 13.1 Å². The third-order valence-corrected chi connectivity index (χ3v) is 2.68. The number of rotatable bonds is 7.